The summed E-state index contributed by atoms with van der Waals surface area (Å²) in [6.07, 6.45) is 0.619. The Morgan fingerprint density at radius 1 is 0.949 bits per heavy atom. The fourth-order valence-electron chi connectivity index (χ4n) is 4.45. The summed E-state index contributed by atoms with van der Waals surface area (Å²) in [7, 11) is 0.993. The molecule has 9 heteroatoms. The first-order chi connectivity index (χ1) is 18.6. The average molecular weight is 547 g/mol. The van der Waals surface area contributed by atoms with Gasteiger partial charge in [-0.1, -0.05) is 31.7 Å². The number of hydrogen-bond donors (Lipinski definition) is 1. The van der Waals surface area contributed by atoms with Crippen molar-refractivity contribution in [3.05, 3.63) is 84.4 Å². The topological polar surface area (TPSA) is 104 Å². The van der Waals surface area contributed by atoms with Crippen molar-refractivity contribution in [3.63, 3.8) is 0 Å². The minimum atomic E-state index is -4.04. The van der Waals surface area contributed by atoms with E-state index in [4.69, 9.17) is 9.47 Å². The van der Waals surface area contributed by atoms with E-state index in [0.29, 0.717) is 23.5 Å². The van der Waals surface area contributed by atoms with Crippen molar-refractivity contribution in [2.75, 3.05) is 14.2 Å². The smallest absolute Gasteiger partial charge is 0.264 e. The summed E-state index contributed by atoms with van der Waals surface area (Å²) in [5.41, 5.74) is 3.57. The monoisotopic (exact) mass is 546 g/mol. The van der Waals surface area contributed by atoms with Crippen LogP contribution >= 0.6 is 0 Å². The zero-order valence-electron chi connectivity index (χ0n) is 22.3. The Balaban J connectivity index is 1.70. The van der Waals surface area contributed by atoms with Crippen molar-refractivity contribution in [2.24, 2.45) is 7.05 Å². The van der Waals surface area contributed by atoms with Crippen molar-refractivity contribution < 1.29 is 27.5 Å². The van der Waals surface area contributed by atoms with Crippen LogP contribution in [0.2, 0.25) is 0 Å². The first-order valence-corrected chi connectivity index (χ1v) is 13.8. The van der Waals surface area contributed by atoms with Crippen molar-refractivity contribution >= 4 is 38.2 Å². The summed E-state index contributed by atoms with van der Waals surface area (Å²) in [6, 6.07) is 18.9. The minimum absolute atomic E-state index is 0.0973. The predicted octanol–water partition coefficient (Wildman–Crippen LogP) is 5.36. The maximum absolute atomic E-state index is 13.4. The Labute approximate surface area is 227 Å². The summed E-state index contributed by atoms with van der Waals surface area (Å²) in [4.78, 5) is 25.1. The number of nitrogens with zero attached hydrogens (tertiary/aromatic N) is 1. The summed E-state index contributed by atoms with van der Waals surface area (Å²) < 4.78 is 40.3. The van der Waals surface area contributed by atoms with E-state index in [1.54, 1.807) is 20.1 Å². The Hall–Kier alpha value is -4.37. The zero-order valence-corrected chi connectivity index (χ0v) is 23.1. The van der Waals surface area contributed by atoms with E-state index in [-0.39, 0.29) is 22.5 Å². The van der Waals surface area contributed by atoms with Crippen LogP contribution in [-0.2, 0) is 21.9 Å². The normalized spacial score (nSPS) is 11.3. The Kier molecular flexibility index (Phi) is 7.92. The Morgan fingerprint density at radius 3 is 2.23 bits per heavy atom. The molecule has 202 valence electrons. The number of para-hydroxylation sites is 1. The number of ether oxygens (including phenoxy) is 2. The first kappa shape index (κ1) is 27.7. The SMILES string of the molecule is C=C(C(=O)c1ccc(S(=O)(=O)NC(=O)CCC)cc1)c1cc(-c2cc3ccccc3n2C)c(OC)cc1OC. The number of Topliss-reactive ketones (excluding diaryl/α,β-unsaturated/α-hetero) is 1. The number of allylic oxidation sites excluding steroid dienone is 1. The largest absolute Gasteiger partial charge is 0.496 e. The molecule has 3 aromatic carbocycles. The molecule has 0 spiro atoms. The van der Waals surface area contributed by atoms with Gasteiger partial charge in [-0.05, 0) is 48.9 Å². The van der Waals surface area contributed by atoms with Gasteiger partial charge in [-0.2, -0.15) is 0 Å². The van der Waals surface area contributed by atoms with Crippen molar-refractivity contribution in [1.82, 2.24) is 9.29 Å². The fraction of sp³-hybridized carbons (Fsp3) is 0.200. The lowest BCUT2D eigenvalue weighted by molar-refractivity contribution is -0.119. The van der Waals surface area contributed by atoms with Crippen LogP contribution in [0.4, 0.5) is 0 Å². The number of rotatable bonds is 10. The van der Waals surface area contributed by atoms with Gasteiger partial charge in [0.25, 0.3) is 10.0 Å². The molecule has 0 saturated heterocycles. The third-order valence-corrected chi connectivity index (χ3v) is 7.89. The van der Waals surface area contributed by atoms with E-state index >= 15 is 0 Å². The van der Waals surface area contributed by atoms with Gasteiger partial charge in [0.1, 0.15) is 11.5 Å². The number of aryl methyl sites for hydroxylation is 1. The molecule has 39 heavy (non-hydrogen) atoms. The number of methoxy groups -OCH3 is 2. The average Bonchev–Trinajstić information content (AvgIpc) is 3.27. The van der Waals surface area contributed by atoms with Crippen LogP contribution in [0.15, 0.2) is 78.2 Å². The molecule has 0 atom stereocenters. The molecule has 0 aliphatic heterocycles. The lowest BCUT2D eigenvalue weighted by Crippen LogP contribution is -2.30. The maximum atomic E-state index is 13.4. The van der Waals surface area contributed by atoms with E-state index in [9.17, 15) is 18.0 Å². The summed E-state index contributed by atoms with van der Waals surface area (Å²) in [5.74, 6) is -0.00744. The maximum Gasteiger partial charge on any atom is 0.264 e. The molecular weight excluding hydrogens is 516 g/mol. The number of fused-ring (bicyclic) bond motifs is 1. The van der Waals surface area contributed by atoms with Crippen molar-refractivity contribution in [1.29, 1.82) is 0 Å². The van der Waals surface area contributed by atoms with Crippen LogP contribution in [0.25, 0.3) is 27.7 Å². The molecule has 0 aliphatic rings. The van der Waals surface area contributed by atoms with Crippen LogP contribution < -0.4 is 14.2 Å². The van der Waals surface area contributed by atoms with Gasteiger partial charge in [0.15, 0.2) is 5.78 Å². The highest BCUT2D eigenvalue weighted by molar-refractivity contribution is 7.90. The molecule has 0 bridgehead atoms. The van der Waals surface area contributed by atoms with Crippen molar-refractivity contribution in [3.8, 4) is 22.8 Å². The molecule has 8 nitrogen and oxygen atoms in total. The molecule has 4 aromatic rings. The molecule has 4 rings (SSSR count). The molecule has 0 saturated carbocycles. The Bertz CT molecular complexity index is 1680. The highest BCUT2D eigenvalue weighted by Crippen LogP contribution is 2.40. The van der Waals surface area contributed by atoms with Crippen LogP contribution in [-0.4, -0.2) is 38.9 Å². The van der Waals surface area contributed by atoms with Gasteiger partial charge < -0.3 is 14.0 Å². The second kappa shape index (κ2) is 11.2. The third kappa shape index (κ3) is 5.44. The number of aromatic nitrogens is 1. The second-order valence-electron chi connectivity index (χ2n) is 9.01. The zero-order chi connectivity index (χ0) is 28.3. The van der Waals surface area contributed by atoms with E-state index in [1.165, 1.54) is 31.4 Å². The summed E-state index contributed by atoms with van der Waals surface area (Å²) in [5, 5.41) is 1.06. The number of sulfonamides is 1. The first-order valence-electron chi connectivity index (χ1n) is 12.3. The van der Waals surface area contributed by atoms with Gasteiger partial charge in [0.2, 0.25) is 5.91 Å². The number of nitrogens with one attached hydrogen (secondary N) is 1. The summed E-state index contributed by atoms with van der Waals surface area (Å²) >= 11 is 0. The predicted molar refractivity (Wildman–Crippen MR) is 152 cm³/mol. The lowest BCUT2D eigenvalue weighted by Gasteiger charge is -2.17. The fourth-order valence-corrected chi connectivity index (χ4v) is 5.47. The van der Waals surface area contributed by atoms with E-state index in [2.05, 4.69) is 6.58 Å². The van der Waals surface area contributed by atoms with Crippen LogP contribution in [0.5, 0.6) is 11.5 Å². The highest BCUT2D eigenvalue weighted by atomic mass is 32.2. The van der Waals surface area contributed by atoms with Crippen LogP contribution in [0.3, 0.4) is 0 Å². The standard InChI is InChI=1S/C30H30N2O6S/c1-6-9-29(33)31-39(35,36)22-14-12-20(13-15-22)30(34)19(2)23-17-24(28(38-5)18-27(23)37-4)26-16-21-10-7-8-11-25(21)32(26)3/h7-8,10-18H,2,6,9H2,1,3-5H3,(H,31,33). The van der Waals surface area contributed by atoms with Gasteiger partial charge >= 0.3 is 0 Å². The second-order valence-corrected chi connectivity index (χ2v) is 10.7. The molecule has 1 heterocycles. The van der Waals surface area contributed by atoms with Gasteiger partial charge in [0, 0.05) is 52.7 Å². The van der Waals surface area contributed by atoms with E-state index in [0.717, 1.165) is 22.2 Å². The number of hydrogen-bond acceptors (Lipinski definition) is 6. The molecule has 1 N–H and O–H groups in total. The van der Waals surface area contributed by atoms with Gasteiger partial charge in [-0.25, -0.2) is 13.1 Å². The molecular formula is C30H30N2O6S. The van der Waals surface area contributed by atoms with Crippen LogP contribution in [0, 0.1) is 0 Å². The number of benzene rings is 3. The van der Waals surface area contributed by atoms with E-state index < -0.39 is 21.7 Å². The van der Waals surface area contributed by atoms with Crippen LogP contribution in [0.1, 0.15) is 35.7 Å². The number of carbonyl (C=O) groups excluding carboxylic acids is 2. The van der Waals surface area contributed by atoms with Gasteiger partial charge in [0.05, 0.1) is 24.8 Å². The Morgan fingerprint density at radius 2 is 1.62 bits per heavy atom. The summed E-state index contributed by atoms with van der Waals surface area (Å²) in [6.45, 7) is 5.82. The number of ketones is 1. The molecule has 1 aromatic heterocycles. The third-order valence-electron chi connectivity index (χ3n) is 6.50. The van der Waals surface area contributed by atoms with Gasteiger partial charge in [-0.3, -0.25) is 9.59 Å². The lowest BCUT2D eigenvalue weighted by atomic mass is 9.94. The molecule has 0 unspecified atom stereocenters. The molecule has 0 aliphatic carbocycles. The van der Waals surface area contributed by atoms with Crippen molar-refractivity contribution in [2.45, 2.75) is 24.7 Å². The minimum Gasteiger partial charge on any atom is -0.496 e. The number of carbonyl (C=O) groups is 2. The number of amides is 1. The molecule has 0 fully saturated rings. The molecule has 0 radical (unpaired) electrons. The van der Waals surface area contributed by atoms with E-state index in [1.807, 2.05) is 52.7 Å². The molecule has 1 amide bonds. The quantitative estimate of drug-likeness (QED) is 0.212. The highest BCUT2D eigenvalue weighted by Gasteiger charge is 2.23. The van der Waals surface area contributed by atoms with Gasteiger partial charge in [-0.15, -0.1) is 0 Å².